The minimum Gasteiger partial charge on any atom is -0.466 e. The Kier molecular flexibility index (Phi) is 65.9. The van der Waals surface area contributed by atoms with Crippen molar-refractivity contribution < 1.29 is 24.5 Å². The van der Waals surface area contributed by atoms with Crippen LogP contribution in [0.1, 0.15) is 406 Å². The number of hydrogen-bond acceptors (Lipinski definition) is 5. The van der Waals surface area contributed by atoms with Crippen LogP contribution in [-0.4, -0.2) is 47.4 Å². The minimum atomic E-state index is -0.665. The molecule has 0 fully saturated rings. The van der Waals surface area contributed by atoms with Crippen molar-refractivity contribution in [2.24, 2.45) is 0 Å². The Hall–Kier alpha value is -1.40. The Labute approximate surface area is 482 Å². The van der Waals surface area contributed by atoms with Crippen molar-refractivity contribution in [3.8, 4) is 0 Å². The number of aliphatic hydroxyl groups is 2. The number of esters is 1. The van der Waals surface area contributed by atoms with E-state index in [0.29, 0.717) is 25.9 Å². The zero-order chi connectivity index (χ0) is 55.7. The second-order valence-corrected chi connectivity index (χ2v) is 24.6. The Bertz CT molecular complexity index is 1160. The number of aliphatic hydroxyl groups excluding tert-OH is 2. The van der Waals surface area contributed by atoms with Gasteiger partial charge in [0.05, 0.1) is 25.4 Å². The standard InChI is InChI=1S/C71H139NO5/c1-3-5-7-9-11-13-15-17-19-20-21-22-26-29-32-36-39-43-47-51-55-59-63-69(74)68(67-73)72-70(75)64-60-56-52-48-44-40-37-33-30-27-24-23-25-28-31-34-38-42-46-50-54-58-62-66-77-71(76)65-61-57-53-49-45-41-35-18-16-14-12-10-8-6-4-2/h18,35,68-69,73-74H,3-17,19-34,36-67H2,1-2H3,(H,72,75)/b35-18-. The van der Waals surface area contributed by atoms with Gasteiger partial charge < -0.3 is 20.3 Å². The summed E-state index contributed by atoms with van der Waals surface area (Å²) in [6, 6.07) is -0.542. The summed E-state index contributed by atoms with van der Waals surface area (Å²) in [4.78, 5) is 24.6. The normalized spacial score (nSPS) is 12.5. The average Bonchev–Trinajstić information content (AvgIpc) is 3.43. The topological polar surface area (TPSA) is 95.9 Å². The van der Waals surface area contributed by atoms with Gasteiger partial charge in [-0.1, -0.05) is 353 Å². The van der Waals surface area contributed by atoms with Crippen LogP contribution in [0, 0.1) is 0 Å². The van der Waals surface area contributed by atoms with Crippen molar-refractivity contribution in [1.29, 1.82) is 0 Å². The van der Waals surface area contributed by atoms with E-state index in [0.717, 1.165) is 44.9 Å². The minimum absolute atomic E-state index is 0.00775. The monoisotopic (exact) mass is 1090 g/mol. The first kappa shape index (κ1) is 75.6. The molecule has 2 atom stereocenters. The second-order valence-electron chi connectivity index (χ2n) is 24.6. The molecule has 0 aromatic rings. The summed E-state index contributed by atoms with van der Waals surface area (Å²) in [7, 11) is 0. The fourth-order valence-corrected chi connectivity index (χ4v) is 11.4. The fourth-order valence-electron chi connectivity index (χ4n) is 11.4. The first-order valence-corrected chi connectivity index (χ1v) is 35.4. The molecule has 6 heteroatoms. The molecular formula is C71H139NO5. The Morgan fingerprint density at radius 1 is 0.351 bits per heavy atom. The Morgan fingerprint density at radius 2 is 0.610 bits per heavy atom. The summed E-state index contributed by atoms with van der Waals surface area (Å²) in [6.45, 7) is 4.99. The highest BCUT2D eigenvalue weighted by Crippen LogP contribution is 2.19. The van der Waals surface area contributed by atoms with Crippen LogP contribution in [0.3, 0.4) is 0 Å². The third-order valence-corrected chi connectivity index (χ3v) is 16.8. The van der Waals surface area contributed by atoms with Crippen LogP contribution in [0.4, 0.5) is 0 Å². The lowest BCUT2D eigenvalue weighted by Crippen LogP contribution is -2.45. The number of ether oxygens (including phenoxy) is 1. The van der Waals surface area contributed by atoms with E-state index >= 15 is 0 Å². The largest absolute Gasteiger partial charge is 0.466 e. The van der Waals surface area contributed by atoms with Crippen LogP contribution >= 0.6 is 0 Å². The van der Waals surface area contributed by atoms with Crippen molar-refractivity contribution in [1.82, 2.24) is 5.32 Å². The molecule has 0 bridgehead atoms. The van der Waals surface area contributed by atoms with E-state index in [2.05, 4.69) is 31.3 Å². The third kappa shape index (κ3) is 63.6. The van der Waals surface area contributed by atoms with Crippen LogP contribution < -0.4 is 5.32 Å². The summed E-state index contributed by atoms with van der Waals surface area (Å²) in [6.07, 6.45) is 82.5. The fraction of sp³-hybridized carbons (Fsp3) is 0.944. The first-order valence-electron chi connectivity index (χ1n) is 35.4. The van der Waals surface area contributed by atoms with Gasteiger partial charge in [-0.2, -0.15) is 0 Å². The third-order valence-electron chi connectivity index (χ3n) is 16.8. The lowest BCUT2D eigenvalue weighted by atomic mass is 10.0. The summed E-state index contributed by atoms with van der Waals surface area (Å²) in [5, 5.41) is 23.4. The van der Waals surface area contributed by atoms with Gasteiger partial charge in [0.25, 0.3) is 0 Å². The zero-order valence-electron chi connectivity index (χ0n) is 52.5. The van der Waals surface area contributed by atoms with Gasteiger partial charge >= 0.3 is 5.97 Å². The van der Waals surface area contributed by atoms with Crippen molar-refractivity contribution in [3.05, 3.63) is 12.2 Å². The maximum atomic E-state index is 12.6. The van der Waals surface area contributed by atoms with Crippen molar-refractivity contribution in [3.63, 3.8) is 0 Å². The van der Waals surface area contributed by atoms with Gasteiger partial charge in [-0.3, -0.25) is 9.59 Å². The molecule has 0 radical (unpaired) electrons. The van der Waals surface area contributed by atoms with Gasteiger partial charge in [0.1, 0.15) is 0 Å². The van der Waals surface area contributed by atoms with E-state index in [-0.39, 0.29) is 18.5 Å². The van der Waals surface area contributed by atoms with Crippen LogP contribution in [0.15, 0.2) is 12.2 Å². The van der Waals surface area contributed by atoms with Gasteiger partial charge in [-0.25, -0.2) is 0 Å². The van der Waals surface area contributed by atoms with Crippen LogP contribution in [0.5, 0.6) is 0 Å². The lowest BCUT2D eigenvalue weighted by molar-refractivity contribution is -0.143. The molecule has 458 valence electrons. The average molecular weight is 1090 g/mol. The van der Waals surface area contributed by atoms with E-state index in [1.165, 1.54) is 327 Å². The molecule has 0 saturated heterocycles. The molecule has 0 saturated carbocycles. The summed E-state index contributed by atoms with van der Waals surface area (Å²) in [5.74, 6) is -0.0217. The molecule has 0 rings (SSSR count). The SMILES string of the molecule is CCCCCCCC/C=C\CCCCCCCC(=O)OCCCCCCCCCCCCCCCCCCCCCCCCCC(=O)NC(CO)C(O)CCCCCCCCCCCCCCCCCCCCCCCC. The van der Waals surface area contributed by atoms with Crippen molar-refractivity contribution in [2.45, 2.75) is 418 Å². The number of rotatable bonds is 67. The van der Waals surface area contributed by atoms with E-state index in [4.69, 9.17) is 4.74 Å². The molecule has 0 aromatic heterocycles. The molecule has 3 N–H and O–H groups in total. The molecule has 6 nitrogen and oxygen atoms in total. The molecule has 77 heavy (non-hydrogen) atoms. The summed E-state index contributed by atoms with van der Waals surface area (Å²) < 4.78 is 5.49. The summed E-state index contributed by atoms with van der Waals surface area (Å²) in [5.41, 5.74) is 0. The number of allylic oxidation sites excluding steroid dienone is 2. The molecule has 0 aliphatic carbocycles. The van der Waals surface area contributed by atoms with E-state index in [9.17, 15) is 19.8 Å². The number of carbonyl (C=O) groups is 2. The highest BCUT2D eigenvalue weighted by Gasteiger charge is 2.20. The molecule has 0 aromatic carbocycles. The van der Waals surface area contributed by atoms with Crippen LogP contribution in [0.25, 0.3) is 0 Å². The predicted octanol–water partition coefficient (Wildman–Crippen LogP) is 22.8. The van der Waals surface area contributed by atoms with Crippen molar-refractivity contribution in [2.75, 3.05) is 13.2 Å². The zero-order valence-corrected chi connectivity index (χ0v) is 52.5. The predicted molar refractivity (Wildman–Crippen MR) is 338 cm³/mol. The van der Waals surface area contributed by atoms with Gasteiger partial charge in [0.15, 0.2) is 0 Å². The van der Waals surface area contributed by atoms with E-state index in [1.54, 1.807) is 0 Å². The second kappa shape index (κ2) is 67.1. The van der Waals surface area contributed by atoms with Gasteiger partial charge in [-0.05, 0) is 51.4 Å². The van der Waals surface area contributed by atoms with Gasteiger partial charge in [-0.15, -0.1) is 0 Å². The van der Waals surface area contributed by atoms with E-state index < -0.39 is 12.1 Å². The molecule has 0 spiro atoms. The maximum absolute atomic E-state index is 12.6. The number of amides is 1. The number of carbonyl (C=O) groups excluding carboxylic acids is 2. The lowest BCUT2D eigenvalue weighted by Gasteiger charge is -2.22. The van der Waals surface area contributed by atoms with Gasteiger partial charge in [0.2, 0.25) is 5.91 Å². The van der Waals surface area contributed by atoms with Crippen LogP contribution in [0.2, 0.25) is 0 Å². The molecule has 0 aliphatic rings. The Balaban J connectivity index is 3.37. The molecule has 0 heterocycles. The highest BCUT2D eigenvalue weighted by atomic mass is 16.5. The number of unbranched alkanes of at least 4 members (excludes halogenated alkanes) is 54. The quantitative estimate of drug-likeness (QED) is 0.0320. The maximum Gasteiger partial charge on any atom is 0.305 e. The van der Waals surface area contributed by atoms with Gasteiger partial charge in [0, 0.05) is 12.8 Å². The number of hydrogen-bond donors (Lipinski definition) is 3. The molecular weight excluding hydrogens is 947 g/mol. The number of nitrogens with one attached hydrogen (secondary N) is 1. The smallest absolute Gasteiger partial charge is 0.305 e. The van der Waals surface area contributed by atoms with Crippen LogP contribution in [-0.2, 0) is 14.3 Å². The molecule has 2 unspecified atom stereocenters. The molecule has 0 aliphatic heterocycles. The first-order chi connectivity index (χ1) is 38.0. The van der Waals surface area contributed by atoms with Crippen molar-refractivity contribution >= 4 is 11.9 Å². The highest BCUT2D eigenvalue weighted by molar-refractivity contribution is 5.76. The Morgan fingerprint density at radius 3 is 0.922 bits per heavy atom. The summed E-state index contributed by atoms with van der Waals surface area (Å²) >= 11 is 0. The van der Waals surface area contributed by atoms with E-state index in [1.807, 2.05) is 0 Å². The molecule has 1 amide bonds.